The molecular weight excluding hydrogens is 338 g/mol. The molecule has 0 saturated heterocycles. The third-order valence-corrected chi connectivity index (χ3v) is 4.27. The molecule has 0 unspecified atom stereocenters. The van der Waals surface area contributed by atoms with Crippen molar-refractivity contribution < 1.29 is 14.3 Å². The van der Waals surface area contributed by atoms with Crippen LogP contribution in [0.4, 0.5) is 10.9 Å². The average Bonchev–Trinajstić information content (AvgIpc) is 3.00. The van der Waals surface area contributed by atoms with Crippen LogP contribution >= 0.6 is 23.1 Å². The van der Waals surface area contributed by atoms with Crippen molar-refractivity contribution in [2.24, 2.45) is 0 Å². The molecule has 10 heteroatoms. The molecule has 0 aliphatic rings. The highest BCUT2D eigenvalue weighted by atomic mass is 32.2. The van der Waals surface area contributed by atoms with Crippen molar-refractivity contribution in [3.05, 3.63) is 23.3 Å². The Balaban J connectivity index is 2.00. The Bertz CT molecular complexity index is 693. The molecule has 0 radical (unpaired) electrons. The number of nitrogens with two attached hydrogens (primary N) is 1. The summed E-state index contributed by atoms with van der Waals surface area (Å²) in [4.78, 5) is 35.7. The monoisotopic (exact) mass is 353 g/mol. The van der Waals surface area contributed by atoms with Crippen LogP contribution in [0.25, 0.3) is 0 Å². The third-order valence-electron chi connectivity index (χ3n) is 2.61. The molecule has 0 aliphatic heterocycles. The first-order valence-corrected chi connectivity index (χ1v) is 8.43. The van der Waals surface area contributed by atoms with Crippen molar-refractivity contribution in [1.82, 2.24) is 15.0 Å². The van der Waals surface area contributed by atoms with Gasteiger partial charge in [0.05, 0.1) is 11.9 Å². The molecule has 1 amide bonds. The van der Waals surface area contributed by atoms with Crippen LogP contribution in [0.3, 0.4) is 0 Å². The molecule has 0 bridgehead atoms. The van der Waals surface area contributed by atoms with E-state index in [4.69, 9.17) is 10.5 Å². The molecule has 2 aromatic rings. The van der Waals surface area contributed by atoms with Crippen LogP contribution in [-0.2, 0) is 9.53 Å². The Morgan fingerprint density at radius 3 is 2.87 bits per heavy atom. The van der Waals surface area contributed by atoms with Crippen molar-refractivity contribution in [1.29, 1.82) is 0 Å². The minimum absolute atomic E-state index is 0.0217. The molecule has 0 aromatic carbocycles. The molecule has 1 atom stereocenters. The van der Waals surface area contributed by atoms with Gasteiger partial charge in [-0.25, -0.2) is 19.7 Å². The van der Waals surface area contributed by atoms with Crippen molar-refractivity contribution in [3.63, 3.8) is 0 Å². The number of anilines is 2. The van der Waals surface area contributed by atoms with Gasteiger partial charge in [0.1, 0.15) is 11.4 Å². The number of aromatic nitrogens is 3. The zero-order chi connectivity index (χ0) is 16.8. The highest BCUT2D eigenvalue weighted by molar-refractivity contribution is 8.00. The van der Waals surface area contributed by atoms with E-state index in [0.29, 0.717) is 10.3 Å². The van der Waals surface area contributed by atoms with Gasteiger partial charge < -0.3 is 15.8 Å². The Morgan fingerprint density at radius 2 is 2.26 bits per heavy atom. The van der Waals surface area contributed by atoms with Crippen molar-refractivity contribution in [3.8, 4) is 0 Å². The van der Waals surface area contributed by atoms with Crippen LogP contribution < -0.4 is 11.1 Å². The first-order valence-electron chi connectivity index (χ1n) is 6.68. The van der Waals surface area contributed by atoms with Gasteiger partial charge in [0.25, 0.3) is 0 Å². The lowest BCUT2D eigenvalue weighted by Gasteiger charge is -2.10. The predicted molar refractivity (Wildman–Crippen MR) is 88.5 cm³/mol. The summed E-state index contributed by atoms with van der Waals surface area (Å²) < 4.78 is 4.85. The van der Waals surface area contributed by atoms with Gasteiger partial charge in [0.2, 0.25) is 5.91 Å². The average molecular weight is 353 g/mol. The van der Waals surface area contributed by atoms with Crippen molar-refractivity contribution in [2.45, 2.75) is 24.3 Å². The fraction of sp³-hybridized carbons (Fsp3) is 0.308. The maximum atomic E-state index is 12.0. The van der Waals surface area contributed by atoms with Crippen LogP contribution in [0.5, 0.6) is 0 Å². The molecule has 122 valence electrons. The lowest BCUT2D eigenvalue weighted by Crippen LogP contribution is -2.22. The Hall–Kier alpha value is -2.20. The second kappa shape index (κ2) is 7.88. The molecule has 0 saturated carbocycles. The number of hydrogen-bond acceptors (Lipinski definition) is 9. The van der Waals surface area contributed by atoms with Crippen LogP contribution in [0, 0.1) is 0 Å². The number of esters is 1. The smallest absolute Gasteiger partial charge is 0.343 e. The zero-order valence-corrected chi connectivity index (χ0v) is 14.1. The standard InChI is InChI=1S/C13H15N5O3S2/c1-3-21-11(20)8-6-16-13(17-9(8)14)23-7(2)10(19)18-12-15-4-5-22-12/h4-7H,3H2,1-2H3,(H2,14,16,17)(H,15,18,19)/t7-/m0/s1. The molecule has 8 nitrogen and oxygen atoms in total. The van der Waals surface area contributed by atoms with Gasteiger partial charge >= 0.3 is 5.97 Å². The van der Waals surface area contributed by atoms with Gasteiger partial charge in [-0.2, -0.15) is 0 Å². The van der Waals surface area contributed by atoms with E-state index in [1.807, 2.05) is 0 Å². The van der Waals surface area contributed by atoms with Gasteiger partial charge in [0, 0.05) is 17.8 Å². The largest absolute Gasteiger partial charge is 0.462 e. The number of nitrogens with one attached hydrogen (secondary N) is 1. The Morgan fingerprint density at radius 1 is 1.48 bits per heavy atom. The van der Waals surface area contributed by atoms with Gasteiger partial charge in [-0.05, 0) is 13.8 Å². The van der Waals surface area contributed by atoms with E-state index < -0.39 is 11.2 Å². The second-order valence-corrected chi connectivity index (χ2v) is 6.46. The summed E-state index contributed by atoms with van der Waals surface area (Å²) in [5.41, 5.74) is 5.85. The number of thiazole rings is 1. The minimum atomic E-state index is -0.573. The van der Waals surface area contributed by atoms with E-state index in [9.17, 15) is 9.59 Å². The second-order valence-electron chi connectivity index (χ2n) is 4.26. The van der Waals surface area contributed by atoms with Crippen molar-refractivity contribution in [2.75, 3.05) is 17.7 Å². The topological polar surface area (TPSA) is 120 Å². The molecule has 2 aromatic heterocycles. The summed E-state index contributed by atoms with van der Waals surface area (Å²) in [5.74, 6) is -0.772. The van der Waals surface area contributed by atoms with Crippen LogP contribution in [-0.4, -0.2) is 38.7 Å². The van der Waals surface area contributed by atoms with E-state index in [1.54, 1.807) is 25.4 Å². The number of ether oxygens (including phenoxy) is 1. The van der Waals surface area contributed by atoms with E-state index in [-0.39, 0.29) is 23.9 Å². The normalized spacial score (nSPS) is 11.7. The molecule has 3 N–H and O–H groups in total. The van der Waals surface area contributed by atoms with E-state index in [0.717, 1.165) is 11.8 Å². The van der Waals surface area contributed by atoms with E-state index >= 15 is 0 Å². The molecule has 0 spiro atoms. The van der Waals surface area contributed by atoms with Crippen LogP contribution in [0.1, 0.15) is 24.2 Å². The fourth-order valence-corrected chi connectivity index (χ4v) is 2.78. The first-order chi connectivity index (χ1) is 11.0. The van der Waals surface area contributed by atoms with E-state index in [2.05, 4.69) is 20.3 Å². The lowest BCUT2D eigenvalue weighted by molar-refractivity contribution is -0.115. The summed E-state index contributed by atoms with van der Waals surface area (Å²) in [6.07, 6.45) is 2.91. The number of nitrogens with zero attached hydrogens (tertiary/aromatic N) is 3. The summed E-state index contributed by atoms with van der Waals surface area (Å²) >= 11 is 2.46. The predicted octanol–water partition coefficient (Wildman–Crippen LogP) is 1.81. The highest BCUT2D eigenvalue weighted by Crippen LogP contribution is 2.23. The maximum Gasteiger partial charge on any atom is 0.343 e. The number of carbonyl (C=O) groups excluding carboxylic acids is 2. The van der Waals surface area contributed by atoms with Gasteiger partial charge in [0.15, 0.2) is 10.3 Å². The quantitative estimate of drug-likeness (QED) is 0.458. The molecule has 0 fully saturated rings. The van der Waals surface area contributed by atoms with Crippen LogP contribution in [0.2, 0.25) is 0 Å². The summed E-state index contributed by atoms with van der Waals surface area (Å²) in [6.45, 7) is 3.65. The summed E-state index contributed by atoms with van der Waals surface area (Å²) in [7, 11) is 0. The molecule has 23 heavy (non-hydrogen) atoms. The van der Waals surface area contributed by atoms with Crippen molar-refractivity contribution >= 4 is 45.9 Å². The Labute approximate surface area is 140 Å². The number of hydrogen-bond donors (Lipinski definition) is 2. The molecule has 2 heterocycles. The number of rotatable bonds is 6. The van der Waals surface area contributed by atoms with Gasteiger partial charge in [-0.3, -0.25) is 4.79 Å². The number of nitrogen functional groups attached to an aromatic ring is 1. The van der Waals surface area contributed by atoms with Crippen LogP contribution in [0.15, 0.2) is 22.9 Å². The number of thioether (sulfide) groups is 1. The molecule has 0 aliphatic carbocycles. The third kappa shape index (κ3) is 4.63. The number of amides is 1. The van der Waals surface area contributed by atoms with E-state index in [1.165, 1.54) is 17.5 Å². The number of carbonyl (C=O) groups is 2. The Kier molecular flexibility index (Phi) is 5.88. The summed E-state index contributed by atoms with van der Waals surface area (Å²) in [5, 5.41) is 4.84. The highest BCUT2D eigenvalue weighted by Gasteiger charge is 2.19. The fourth-order valence-electron chi connectivity index (χ4n) is 1.50. The summed E-state index contributed by atoms with van der Waals surface area (Å²) in [6, 6.07) is 0. The van der Waals surface area contributed by atoms with Gasteiger partial charge in [-0.15, -0.1) is 11.3 Å². The zero-order valence-electron chi connectivity index (χ0n) is 12.5. The maximum absolute atomic E-state index is 12.0. The molecular formula is C13H15N5O3S2. The minimum Gasteiger partial charge on any atom is -0.462 e. The SMILES string of the molecule is CCOC(=O)c1cnc(S[C@@H](C)C(=O)Nc2nccs2)nc1N. The first kappa shape index (κ1) is 17.2. The molecule has 2 rings (SSSR count). The lowest BCUT2D eigenvalue weighted by atomic mass is 10.3. The van der Waals surface area contributed by atoms with Gasteiger partial charge in [-0.1, -0.05) is 11.8 Å².